The first kappa shape index (κ1) is 21.9. The monoisotopic (exact) mass is 469 g/mol. The predicted octanol–water partition coefficient (Wildman–Crippen LogP) is 5.45. The van der Waals surface area contributed by atoms with Gasteiger partial charge in [0.25, 0.3) is 5.56 Å². The van der Waals surface area contributed by atoms with Crippen LogP contribution in [0.4, 0.5) is 0 Å². The van der Waals surface area contributed by atoms with E-state index in [-0.39, 0.29) is 18.1 Å². The first-order valence-corrected chi connectivity index (χ1v) is 11.9. The number of hydrogen-bond donors (Lipinski definition) is 0. The Hall–Kier alpha value is -3.97. The van der Waals surface area contributed by atoms with E-state index < -0.39 is 0 Å². The highest BCUT2D eigenvalue weighted by molar-refractivity contribution is 7.21. The molecule has 0 N–H and O–H groups in total. The lowest BCUT2D eigenvalue weighted by molar-refractivity contribution is 0.0533. The molecule has 3 heterocycles. The van der Waals surface area contributed by atoms with Gasteiger partial charge in [-0.2, -0.15) is 0 Å². The molecule has 0 aliphatic carbocycles. The van der Waals surface area contributed by atoms with Crippen LogP contribution in [-0.4, -0.2) is 26.7 Å². The van der Waals surface area contributed by atoms with Crippen LogP contribution in [0, 0.1) is 6.92 Å². The Morgan fingerprint density at radius 1 is 1.03 bits per heavy atom. The zero-order valence-electron chi connectivity index (χ0n) is 18.9. The number of aromatic nitrogens is 3. The molecule has 0 aliphatic heterocycles. The molecule has 7 heteroatoms. The van der Waals surface area contributed by atoms with Gasteiger partial charge < -0.3 is 9.30 Å². The fourth-order valence-corrected chi connectivity index (χ4v) is 5.31. The van der Waals surface area contributed by atoms with E-state index in [1.165, 1.54) is 11.3 Å². The molecule has 0 spiro atoms. The molecule has 0 unspecified atom stereocenters. The molecule has 0 saturated carbocycles. The molecule has 0 fully saturated rings. The summed E-state index contributed by atoms with van der Waals surface area (Å²) in [6.45, 7) is 4.74. The highest BCUT2D eigenvalue weighted by Gasteiger charge is 2.23. The summed E-state index contributed by atoms with van der Waals surface area (Å²) in [5.74, 6) is 0.566. The third-order valence-corrected chi connectivity index (χ3v) is 6.91. The third kappa shape index (κ3) is 3.95. The van der Waals surface area contributed by atoms with Crippen molar-refractivity contribution in [1.82, 2.24) is 14.1 Å². The van der Waals surface area contributed by atoms with Gasteiger partial charge in [-0.15, -0.1) is 11.3 Å². The molecule has 0 aliphatic rings. The Labute approximate surface area is 200 Å². The van der Waals surface area contributed by atoms with Crippen LogP contribution < -0.4 is 5.56 Å². The normalized spacial score (nSPS) is 11.1. The number of aryl methyl sites for hydroxylation is 1. The van der Waals surface area contributed by atoms with E-state index >= 15 is 0 Å². The molecule has 5 rings (SSSR count). The lowest BCUT2D eigenvalue weighted by Crippen LogP contribution is -2.16. The summed E-state index contributed by atoms with van der Waals surface area (Å²) in [4.78, 5) is 31.3. The van der Waals surface area contributed by atoms with Crippen LogP contribution in [0.25, 0.3) is 27.0 Å². The van der Waals surface area contributed by atoms with E-state index in [1.807, 2.05) is 67.7 Å². The molecule has 0 saturated heterocycles. The van der Waals surface area contributed by atoms with Crippen LogP contribution in [0.1, 0.15) is 28.0 Å². The van der Waals surface area contributed by atoms with Gasteiger partial charge in [0.15, 0.2) is 0 Å². The second-order valence-corrected chi connectivity index (χ2v) is 8.89. The summed E-state index contributed by atoms with van der Waals surface area (Å²) in [5, 5.41) is 0.844. The topological polar surface area (TPSA) is 66.1 Å². The van der Waals surface area contributed by atoms with Crippen molar-refractivity contribution in [3.8, 4) is 16.8 Å². The highest BCUT2D eigenvalue weighted by Crippen LogP contribution is 2.39. The van der Waals surface area contributed by atoms with Gasteiger partial charge in [0.2, 0.25) is 0 Å². The number of pyridine rings is 1. The molecule has 0 amide bonds. The Morgan fingerprint density at radius 3 is 2.47 bits per heavy atom. The average Bonchev–Trinajstić information content (AvgIpc) is 3.44. The smallest absolute Gasteiger partial charge is 0.349 e. The van der Waals surface area contributed by atoms with Crippen LogP contribution in [0.15, 0.2) is 83.9 Å². The summed E-state index contributed by atoms with van der Waals surface area (Å²) in [6.07, 6.45) is 3.73. The van der Waals surface area contributed by atoms with Crippen molar-refractivity contribution in [1.29, 1.82) is 0 Å². The summed E-state index contributed by atoms with van der Waals surface area (Å²) in [5.41, 5.74) is 3.40. The van der Waals surface area contributed by atoms with Crippen LogP contribution in [-0.2, 0) is 11.3 Å². The molecule has 170 valence electrons. The largest absolute Gasteiger partial charge is 0.462 e. The standard InChI is InChI=1S/C27H23N3O3S/c1-3-33-27(32)25-24(20-7-5-4-6-8-20)22-13-14-23(31)30(26(22)34-25)21-11-9-19(10-12-21)17-29-16-15-28-18(29)2/h4-16H,3,17H2,1-2H3. The number of fused-ring (bicyclic) bond motifs is 1. The minimum Gasteiger partial charge on any atom is -0.462 e. The summed E-state index contributed by atoms with van der Waals surface area (Å²) in [7, 11) is 0. The summed E-state index contributed by atoms with van der Waals surface area (Å²) >= 11 is 1.29. The first-order valence-electron chi connectivity index (χ1n) is 11.0. The van der Waals surface area contributed by atoms with Crippen molar-refractivity contribution in [2.75, 3.05) is 6.61 Å². The first-order chi connectivity index (χ1) is 16.6. The fraction of sp³-hybridized carbons (Fsp3) is 0.148. The van der Waals surface area contributed by atoms with Crippen molar-refractivity contribution < 1.29 is 9.53 Å². The summed E-state index contributed by atoms with van der Waals surface area (Å²) < 4.78 is 9.08. The molecule has 3 aromatic heterocycles. The van der Waals surface area contributed by atoms with Crippen molar-refractivity contribution in [2.24, 2.45) is 0 Å². The van der Waals surface area contributed by atoms with Crippen molar-refractivity contribution in [2.45, 2.75) is 20.4 Å². The predicted molar refractivity (Wildman–Crippen MR) is 135 cm³/mol. The van der Waals surface area contributed by atoms with Crippen molar-refractivity contribution in [3.05, 3.63) is 106 Å². The van der Waals surface area contributed by atoms with E-state index in [0.717, 1.165) is 33.6 Å². The number of hydrogen-bond acceptors (Lipinski definition) is 5. The fourth-order valence-electron chi connectivity index (χ4n) is 4.08. The van der Waals surface area contributed by atoms with Crippen LogP contribution in [0.2, 0.25) is 0 Å². The van der Waals surface area contributed by atoms with Gasteiger partial charge in [-0.3, -0.25) is 9.36 Å². The number of rotatable bonds is 6. The maximum atomic E-state index is 13.0. The zero-order chi connectivity index (χ0) is 23.7. The zero-order valence-corrected chi connectivity index (χ0v) is 19.7. The van der Waals surface area contributed by atoms with Gasteiger partial charge in [0.1, 0.15) is 15.5 Å². The molecule has 0 atom stereocenters. The number of imidazole rings is 1. The minimum absolute atomic E-state index is 0.151. The van der Waals surface area contributed by atoms with Crippen LogP contribution in [0.3, 0.4) is 0 Å². The van der Waals surface area contributed by atoms with Crippen molar-refractivity contribution >= 4 is 27.5 Å². The third-order valence-electron chi connectivity index (χ3n) is 5.74. The lowest BCUT2D eigenvalue weighted by Gasteiger charge is -2.10. The number of esters is 1. The van der Waals surface area contributed by atoms with Gasteiger partial charge in [0.05, 0.1) is 12.3 Å². The molecule has 0 bridgehead atoms. The SMILES string of the molecule is CCOC(=O)c1sc2c(ccc(=O)n2-c2ccc(Cn3ccnc3C)cc2)c1-c1ccccc1. The lowest BCUT2D eigenvalue weighted by atomic mass is 10.0. The van der Waals surface area contributed by atoms with Crippen LogP contribution >= 0.6 is 11.3 Å². The van der Waals surface area contributed by atoms with Crippen LogP contribution in [0.5, 0.6) is 0 Å². The van der Waals surface area contributed by atoms with Gasteiger partial charge in [-0.25, -0.2) is 9.78 Å². The maximum Gasteiger partial charge on any atom is 0.349 e. The van der Waals surface area contributed by atoms with Gasteiger partial charge in [0, 0.05) is 36.0 Å². The van der Waals surface area contributed by atoms with Gasteiger partial charge in [-0.1, -0.05) is 42.5 Å². The second-order valence-electron chi connectivity index (χ2n) is 7.89. The number of benzene rings is 2. The Kier molecular flexibility index (Phi) is 5.86. The van der Waals surface area contributed by atoms with E-state index in [9.17, 15) is 9.59 Å². The number of ether oxygens (including phenoxy) is 1. The average molecular weight is 470 g/mol. The van der Waals surface area contributed by atoms with Crippen molar-refractivity contribution in [3.63, 3.8) is 0 Å². The Morgan fingerprint density at radius 2 is 1.79 bits per heavy atom. The number of thiophene rings is 1. The molecule has 0 radical (unpaired) electrons. The molecule has 6 nitrogen and oxygen atoms in total. The Bertz CT molecular complexity index is 1530. The number of carbonyl (C=O) groups excluding carboxylic acids is 1. The minimum atomic E-state index is -0.382. The van der Waals surface area contributed by atoms with Gasteiger partial charge in [-0.05, 0) is 43.2 Å². The van der Waals surface area contributed by atoms with Gasteiger partial charge >= 0.3 is 5.97 Å². The van der Waals surface area contributed by atoms with E-state index in [4.69, 9.17) is 4.74 Å². The maximum absolute atomic E-state index is 13.0. The summed E-state index contributed by atoms with van der Waals surface area (Å²) in [6, 6.07) is 21.0. The molecular formula is C27H23N3O3S. The molecule has 2 aromatic carbocycles. The number of carbonyl (C=O) groups is 1. The van der Waals surface area contributed by atoms with E-state index in [1.54, 1.807) is 29.8 Å². The Balaban J connectivity index is 1.65. The molecular weight excluding hydrogens is 446 g/mol. The quantitative estimate of drug-likeness (QED) is 0.310. The molecule has 5 aromatic rings. The highest BCUT2D eigenvalue weighted by atomic mass is 32.1. The molecule has 34 heavy (non-hydrogen) atoms. The van der Waals surface area contributed by atoms with E-state index in [2.05, 4.69) is 9.55 Å². The van der Waals surface area contributed by atoms with E-state index in [0.29, 0.717) is 16.3 Å². The second kappa shape index (κ2) is 9.11. The number of nitrogens with zero attached hydrogens (tertiary/aromatic N) is 3.